The van der Waals surface area contributed by atoms with E-state index in [0.717, 1.165) is 28.4 Å². The number of thioether (sulfide) groups is 2. The molecule has 1 saturated heterocycles. The van der Waals surface area contributed by atoms with E-state index in [1.54, 1.807) is 7.11 Å². The Kier molecular flexibility index (Phi) is 4.87. The van der Waals surface area contributed by atoms with E-state index >= 15 is 0 Å². The molecule has 4 heteroatoms. The maximum absolute atomic E-state index is 10.6. The van der Waals surface area contributed by atoms with Gasteiger partial charge in [0.05, 0.1) is 13.2 Å². The van der Waals surface area contributed by atoms with Gasteiger partial charge in [0.25, 0.3) is 0 Å². The van der Waals surface area contributed by atoms with Crippen LogP contribution in [0.1, 0.15) is 22.8 Å². The van der Waals surface area contributed by atoms with Crippen molar-refractivity contribution in [1.29, 1.82) is 0 Å². The molecular weight excluding hydrogens is 264 g/mol. The van der Waals surface area contributed by atoms with Crippen LogP contribution in [-0.2, 0) is 0 Å². The van der Waals surface area contributed by atoms with Crippen LogP contribution in [0.4, 0.5) is 0 Å². The highest BCUT2D eigenvalue weighted by Gasteiger charge is 2.27. The fourth-order valence-electron chi connectivity index (χ4n) is 2.36. The summed E-state index contributed by atoms with van der Waals surface area (Å²) in [5.41, 5.74) is 3.25. The van der Waals surface area contributed by atoms with Crippen LogP contribution < -0.4 is 4.74 Å². The first-order valence-corrected chi connectivity index (χ1v) is 8.36. The Labute approximate surface area is 117 Å². The van der Waals surface area contributed by atoms with Crippen LogP contribution in [0.5, 0.6) is 5.75 Å². The molecule has 0 amide bonds. The highest BCUT2D eigenvalue weighted by molar-refractivity contribution is 8.06. The minimum Gasteiger partial charge on any atom is -0.496 e. The molecule has 100 valence electrons. The fourth-order valence-corrected chi connectivity index (χ4v) is 5.09. The molecule has 1 heterocycles. The van der Waals surface area contributed by atoms with Crippen molar-refractivity contribution < 1.29 is 9.84 Å². The number of benzene rings is 1. The van der Waals surface area contributed by atoms with Gasteiger partial charge in [-0.3, -0.25) is 0 Å². The third-order valence-corrected chi connectivity index (χ3v) is 6.05. The van der Waals surface area contributed by atoms with Crippen molar-refractivity contribution in [2.45, 2.75) is 25.2 Å². The van der Waals surface area contributed by atoms with Gasteiger partial charge in [-0.25, -0.2) is 0 Å². The molecule has 2 nitrogen and oxygen atoms in total. The maximum atomic E-state index is 10.6. The normalized spacial score (nSPS) is 21.7. The molecule has 0 saturated carbocycles. The lowest BCUT2D eigenvalue weighted by molar-refractivity contribution is 0.175. The first kappa shape index (κ1) is 14.1. The number of rotatable bonds is 3. The van der Waals surface area contributed by atoms with Crippen molar-refractivity contribution in [1.82, 2.24) is 0 Å². The number of hydrogen-bond donors (Lipinski definition) is 1. The molecule has 1 aliphatic rings. The molecular formula is C14H20O2S2. The van der Waals surface area contributed by atoms with E-state index in [1.165, 1.54) is 11.3 Å². The molecule has 0 spiro atoms. The van der Waals surface area contributed by atoms with E-state index in [2.05, 4.69) is 19.9 Å². The Bertz CT molecular complexity index is 415. The Balaban J connectivity index is 2.30. The van der Waals surface area contributed by atoms with Crippen molar-refractivity contribution >= 4 is 23.5 Å². The van der Waals surface area contributed by atoms with Gasteiger partial charge in [0, 0.05) is 28.1 Å². The van der Waals surface area contributed by atoms with E-state index in [0.29, 0.717) is 0 Å². The van der Waals surface area contributed by atoms with Crippen LogP contribution in [0, 0.1) is 13.8 Å². The van der Waals surface area contributed by atoms with Gasteiger partial charge in [-0.2, -0.15) is 23.5 Å². The van der Waals surface area contributed by atoms with Crippen LogP contribution >= 0.6 is 23.5 Å². The van der Waals surface area contributed by atoms with Gasteiger partial charge >= 0.3 is 0 Å². The van der Waals surface area contributed by atoms with E-state index in [9.17, 15) is 5.11 Å². The largest absolute Gasteiger partial charge is 0.496 e. The average Bonchev–Trinajstić information content (AvgIpc) is 2.38. The van der Waals surface area contributed by atoms with Crippen molar-refractivity contribution in [2.24, 2.45) is 0 Å². The Hall–Kier alpha value is -0.320. The number of aliphatic hydroxyl groups excluding tert-OH is 1. The van der Waals surface area contributed by atoms with Crippen LogP contribution in [-0.4, -0.2) is 34.7 Å². The minimum atomic E-state index is -0.432. The molecule has 18 heavy (non-hydrogen) atoms. The molecule has 2 rings (SSSR count). The highest BCUT2D eigenvalue weighted by atomic mass is 32.2. The molecule has 1 aliphatic heterocycles. The summed E-state index contributed by atoms with van der Waals surface area (Å²) in [6.45, 7) is 4.10. The molecule has 1 aromatic carbocycles. The average molecular weight is 284 g/mol. The molecule has 0 radical (unpaired) electrons. The second-order valence-electron chi connectivity index (χ2n) is 4.63. The number of ether oxygens (including phenoxy) is 1. The Morgan fingerprint density at radius 3 is 2.72 bits per heavy atom. The summed E-state index contributed by atoms with van der Waals surface area (Å²) in [6.07, 6.45) is -0.432. The molecule has 2 unspecified atom stereocenters. The number of hydrogen-bond acceptors (Lipinski definition) is 4. The predicted molar refractivity (Wildman–Crippen MR) is 81.0 cm³/mol. The first-order chi connectivity index (χ1) is 8.63. The third-order valence-electron chi connectivity index (χ3n) is 3.20. The lowest BCUT2D eigenvalue weighted by Gasteiger charge is -2.28. The minimum absolute atomic E-state index is 0.277. The van der Waals surface area contributed by atoms with E-state index in [1.807, 2.05) is 29.6 Å². The number of aryl methyl sites for hydroxylation is 2. The van der Waals surface area contributed by atoms with Crippen LogP contribution in [0.2, 0.25) is 0 Å². The van der Waals surface area contributed by atoms with Gasteiger partial charge in [-0.05, 0) is 31.0 Å². The van der Waals surface area contributed by atoms with Crippen molar-refractivity contribution in [3.63, 3.8) is 0 Å². The van der Waals surface area contributed by atoms with E-state index in [4.69, 9.17) is 4.74 Å². The van der Waals surface area contributed by atoms with Crippen LogP contribution in [0.15, 0.2) is 12.1 Å². The second-order valence-corrected chi connectivity index (χ2v) is 7.12. The molecule has 0 bridgehead atoms. The van der Waals surface area contributed by atoms with Crippen molar-refractivity contribution in [3.8, 4) is 5.75 Å². The lowest BCUT2D eigenvalue weighted by Crippen LogP contribution is -2.23. The van der Waals surface area contributed by atoms with Gasteiger partial charge in [-0.1, -0.05) is 6.07 Å². The third kappa shape index (κ3) is 2.98. The topological polar surface area (TPSA) is 29.5 Å². The molecule has 0 aromatic heterocycles. The lowest BCUT2D eigenvalue weighted by atomic mass is 9.98. The van der Waals surface area contributed by atoms with E-state index < -0.39 is 6.10 Å². The summed E-state index contributed by atoms with van der Waals surface area (Å²) in [4.78, 5) is 0. The molecule has 1 aromatic rings. The van der Waals surface area contributed by atoms with Gasteiger partial charge in [-0.15, -0.1) is 0 Å². The van der Waals surface area contributed by atoms with Crippen LogP contribution in [0.3, 0.4) is 0 Å². The maximum Gasteiger partial charge on any atom is 0.125 e. The standard InChI is InChI=1S/C14H20O2S2/c1-9-6-10(2)13(11(7-9)16-3)14(15)12-8-17-4-5-18-12/h6-7,12,14-15H,4-5,8H2,1-3H3. The van der Waals surface area contributed by atoms with Crippen molar-refractivity contribution in [2.75, 3.05) is 24.4 Å². The zero-order valence-electron chi connectivity index (χ0n) is 11.1. The first-order valence-electron chi connectivity index (χ1n) is 6.16. The molecule has 1 fully saturated rings. The SMILES string of the molecule is COc1cc(C)cc(C)c1C(O)C1CSCCS1. The summed E-state index contributed by atoms with van der Waals surface area (Å²) in [7, 11) is 1.67. The molecule has 1 N–H and O–H groups in total. The Morgan fingerprint density at radius 1 is 1.33 bits per heavy atom. The zero-order valence-corrected chi connectivity index (χ0v) is 12.7. The summed E-state index contributed by atoms with van der Waals surface area (Å²) in [6, 6.07) is 4.12. The quantitative estimate of drug-likeness (QED) is 0.923. The number of aliphatic hydroxyl groups is 1. The summed E-state index contributed by atoms with van der Waals surface area (Å²) in [5, 5.41) is 10.9. The van der Waals surface area contributed by atoms with E-state index in [-0.39, 0.29) is 5.25 Å². The summed E-state index contributed by atoms with van der Waals surface area (Å²) < 4.78 is 5.44. The number of methoxy groups -OCH3 is 1. The highest BCUT2D eigenvalue weighted by Crippen LogP contribution is 2.38. The molecule has 0 aliphatic carbocycles. The molecule has 2 atom stereocenters. The smallest absolute Gasteiger partial charge is 0.125 e. The zero-order chi connectivity index (χ0) is 13.1. The summed E-state index contributed by atoms with van der Waals surface area (Å²) in [5.74, 6) is 4.15. The van der Waals surface area contributed by atoms with Gasteiger partial charge in [0.2, 0.25) is 0 Å². The fraction of sp³-hybridized carbons (Fsp3) is 0.571. The van der Waals surface area contributed by atoms with Gasteiger partial charge in [0.1, 0.15) is 5.75 Å². The van der Waals surface area contributed by atoms with Gasteiger partial charge in [0.15, 0.2) is 0 Å². The van der Waals surface area contributed by atoms with Crippen LogP contribution in [0.25, 0.3) is 0 Å². The van der Waals surface area contributed by atoms with Gasteiger partial charge < -0.3 is 9.84 Å². The Morgan fingerprint density at radius 2 is 2.11 bits per heavy atom. The predicted octanol–water partition coefficient (Wildman–Crippen LogP) is 3.19. The monoisotopic (exact) mass is 284 g/mol. The second kappa shape index (κ2) is 6.22. The summed E-state index contributed by atoms with van der Waals surface area (Å²) >= 11 is 3.80. The van der Waals surface area contributed by atoms with Crippen molar-refractivity contribution in [3.05, 3.63) is 28.8 Å².